The van der Waals surface area contributed by atoms with Gasteiger partial charge in [0.1, 0.15) is 0 Å². The summed E-state index contributed by atoms with van der Waals surface area (Å²) in [5.41, 5.74) is 0.218. The van der Waals surface area contributed by atoms with E-state index in [-0.39, 0.29) is 18.0 Å². The van der Waals surface area contributed by atoms with Crippen molar-refractivity contribution in [2.75, 3.05) is 6.16 Å². The van der Waals surface area contributed by atoms with Crippen molar-refractivity contribution in [2.45, 2.75) is 97.5 Å². The molecule has 0 fully saturated rings. The van der Waals surface area contributed by atoms with E-state index in [1.54, 1.807) is 0 Å². The van der Waals surface area contributed by atoms with Crippen LogP contribution in [0.3, 0.4) is 0 Å². The molecule has 0 heterocycles. The Hall–Kier alpha value is 0.680. The largest absolute Gasteiger partial charge is 0.356 e. The van der Waals surface area contributed by atoms with Gasteiger partial charge >= 0.3 is 0 Å². The minimum Gasteiger partial charge on any atom is -0.356 e. The molecule has 1 unspecified atom stereocenters. The summed E-state index contributed by atoms with van der Waals surface area (Å²) in [5, 5.41) is 0. The van der Waals surface area contributed by atoms with Gasteiger partial charge < -0.3 is 4.52 Å². The molecule has 0 N–H and O–H groups in total. The lowest BCUT2D eigenvalue weighted by Crippen LogP contribution is -2.30. The van der Waals surface area contributed by atoms with E-state index >= 15 is 0 Å². The minimum atomic E-state index is 0. The van der Waals surface area contributed by atoms with Gasteiger partial charge in [-0.15, -0.1) is 12.4 Å². The Morgan fingerprint density at radius 2 is 1.16 bits per heavy atom. The van der Waals surface area contributed by atoms with Gasteiger partial charge in [0.25, 0.3) is 0 Å². The highest BCUT2D eigenvalue weighted by Crippen LogP contribution is 2.37. The van der Waals surface area contributed by atoms with Crippen LogP contribution in [0.5, 0.6) is 0 Å². The number of hydrogen-bond acceptors (Lipinski definition) is 1. The van der Waals surface area contributed by atoms with Crippen LogP contribution in [0.2, 0.25) is 0 Å². The SMILES string of the molecule is CCCCC(CCCC)(CCCC)OPCCC.Cl. The van der Waals surface area contributed by atoms with Crippen molar-refractivity contribution in [3.05, 3.63) is 0 Å². The lowest BCUT2D eigenvalue weighted by Gasteiger charge is -2.34. The van der Waals surface area contributed by atoms with Crippen molar-refractivity contribution < 1.29 is 4.52 Å². The van der Waals surface area contributed by atoms with Gasteiger partial charge in [0.2, 0.25) is 0 Å². The Bertz CT molecular complexity index is 154. The quantitative estimate of drug-likeness (QED) is 0.270. The molecule has 0 saturated heterocycles. The van der Waals surface area contributed by atoms with Gasteiger partial charge in [-0.3, -0.25) is 0 Å². The van der Waals surface area contributed by atoms with Crippen LogP contribution in [0.15, 0.2) is 0 Å². The van der Waals surface area contributed by atoms with Gasteiger partial charge in [0.05, 0.1) is 5.60 Å². The minimum absolute atomic E-state index is 0. The molecule has 0 amide bonds. The Kier molecular flexibility index (Phi) is 17.4. The number of halogens is 1. The van der Waals surface area contributed by atoms with Gasteiger partial charge in [-0.05, 0) is 25.4 Å². The monoisotopic (exact) mass is 310 g/mol. The van der Waals surface area contributed by atoms with E-state index in [4.69, 9.17) is 4.52 Å². The van der Waals surface area contributed by atoms with E-state index < -0.39 is 0 Å². The highest BCUT2D eigenvalue weighted by Gasteiger charge is 2.29. The van der Waals surface area contributed by atoms with Crippen LogP contribution in [-0.4, -0.2) is 11.8 Å². The first-order chi connectivity index (χ1) is 8.74. The molecule has 0 radical (unpaired) electrons. The normalized spacial score (nSPS) is 12.0. The fourth-order valence-corrected chi connectivity index (χ4v) is 3.25. The highest BCUT2D eigenvalue weighted by atomic mass is 35.5. The molecule has 118 valence electrons. The average Bonchev–Trinajstić information content (AvgIpc) is 2.40. The van der Waals surface area contributed by atoms with Crippen molar-refractivity contribution in [1.82, 2.24) is 0 Å². The second-order valence-corrected chi connectivity index (χ2v) is 6.48. The van der Waals surface area contributed by atoms with E-state index in [1.165, 1.54) is 70.4 Å². The van der Waals surface area contributed by atoms with Crippen molar-refractivity contribution >= 4 is 21.2 Å². The number of unbranched alkanes of at least 4 members (excludes halogenated alkanes) is 3. The molecule has 19 heavy (non-hydrogen) atoms. The van der Waals surface area contributed by atoms with Gasteiger partial charge in [0, 0.05) is 8.81 Å². The van der Waals surface area contributed by atoms with Crippen LogP contribution in [0.4, 0.5) is 0 Å². The topological polar surface area (TPSA) is 9.23 Å². The highest BCUT2D eigenvalue weighted by molar-refractivity contribution is 7.32. The average molecular weight is 311 g/mol. The van der Waals surface area contributed by atoms with Crippen LogP contribution in [-0.2, 0) is 4.52 Å². The van der Waals surface area contributed by atoms with E-state index in [0.29, 0.717) is 0 Å². The molecule has 0 saturated carbocycles. The molecular weight excluding hydrogens is 275 g/mol. The second kappa shape index (κ2) is 15.1. The predicted molar refractivity (Wildman–Crippen MR) is 93.1 cm³/mol. The summed E-state index contributed by atoms with van der Waals surface area (Å²) in [7, 11) is 0.717. The third kappa shape index (κ3) is 11.1. The summed E-state index contributed by atoms with van der Waals surface area (Å²) in [4.78, 5) is 0. The van der Waals surface area contributed by atoms with E-state index in [0.717, 1.165) is 8.81 Å². The maximum atomic E-state index is 6.40. The van der Waals surface area contributed by atoms with Gasteiger partial charge in [-0.25, -0.2) is 0 Å². The van der Waals surface area contributed by atoms with Crippen molar-refractivity contribution in [3.63, 3.8) is 0 Å². The van der Waals surface area contributed by atoms with Gasteiger partial charge in [0.15, 0.2) is 0 Å². The molecule has 1 atom stereocenters. The Morgan fingerprint density at radius 1 is 0.737 bits per heavy atom. The van der Waals surface area contributed by atoms with Crippen molar-refractivity contribution in [3.8, 4) is 0 Å². The van der Waals surface area contributed by atoms with Gasteiger partial charge in [-0.2, -0.15) is 0 Å². The molecule has 0 spiro atoms. The number of hydrogen-bond donors (Lipinski definition) is 0. The summed E-state index contributed by atoms with van der Waals surface area (Å²) >= 11 is 0. The van der Waals surface area contributed by atoms with Crippen LogP contribution in [0.1, 0.15) is 91.9 Å². The van der Waals surface area contributed by atoms with E-state index in [2.05, 4.69) is 27.7 Å². The molecule has 0 rings (SSSR count). The summed E-state index contributed by atoms with van der Waals surface area (Å²) in [6.45, 7) is 9.12. The van der Waals surface area contributed by atoms with E-state index in [1.807, 2.05) is 0 Å². The molecule has 0 aliphatic heterocycles. The second-order valence-electron chi connectivity index (χ2n) is 5.49. The maximum Gasteiger partial charge on any atom is 0.0721 e. The van der Waals surface area contributed by atoms with Crippen LogP contribution in [0, 0.1) is 0 Å². The first-order valence-corrected chi connectivity index (χ1v) is 9.27. The Morgan fingerprint density at radius 3 is 1.47 bits per heavy atom. The fourth-order valence-electron chi connectivity index (χ4n) is 2.33. The zero-order valence-electron chi connectivity index (χ0n) is 13.6. The summed E-state index contributed by atoms with van der Waals surface area (Å²) in [6, 6.07) is 0. The Balaban J connectivity index is 0. The van der Waals surface area contributed by atoms with Crippen LogP contribution in [0.25, 0.3) is 0 Å². The molecule has 0 aromatic heterocycles. The fraction of sp³-hybridized carbons (Fsp3) is 1.00. The van der Waals surface area contributed by atoms with Crippen molar-refractivity contribution in [1.29, 1.82) is 0 Å². The standard InChI is InChI=1S/C16H35OP.ClH/c1-5-9-12-16(13-10-6-2,14-11-7-3)17-18-15-8-4;/h18H,5-15H2,1-4H3;1H. The first kappa shape index (κ1) is 22.0. The molecule has 0 bridgehead atoms. The zero-order valence-corrected chi connectivity index (χ0v) is 15.4. The third-order valence-corrected chi connectivity index (χ3v) is 4.88. The molecule has 1 nitrogen and oxygen atoms in total. The first-order valence-electron chi connectivity index (χ1n) is 8.15. The molecule has 3 heteroatoms. The summed E-state index contributed by atoms with van der Waals surface area (Å²) in [6.07, 6.45) is 14.2. The maximum absolute atomic E-state index is 6.40. The molecular formula is C16H36ClOP. The summed E-state index contributed by atoms with van der Waals surface area (Å²) in [5.74, 6) is 0. The lowest BCUT2D eigenvalue weighted by molar-refractivity contribution is 0.0514. The van der Waals surface area contributed by atoms with Crippen LogP contribution >= 0.6 is 21.2 Å². The third-order valence-electron chi connectivity index (χ3n) is 3.60. The lowest BCUT2D eigenvalue weighted by atomic mass is 9.86. The smallest absolute Gasteiger partial charge is 0.0721 e. The zero-order chi connectivity index (χ0) is 13.7. The van der Waals surface area contributed by atoms with Crippen LogP contribution < -0.4 is 0 Å². The van der Waals surface area contributed by atoms with Crippen molar-refractivity contribution in [2.24, 2.45) is 0 Å². The van der Waals surface area contributed by atoms with Gasteiger partial charge in [-0.1, -0.05) is 72.6 Å². The molecule has 0 aromatic rings. The Labute approximate surface area is 129 Å². The molecule has 0 aliphatic rings. The number of rotatable bonds is 13. The molecule has 0 aromatic carbocycles. The molecule has 0 aliphatic carbocycles. The van der Waals surface area contributed by atoms with E-state index in [9.17, 15) is 0 Å². The summed E-state index contributed by atoms with van der Waals surface area (Å²) < 4.78 is 6.40. The predicted octanol–water partition coefficient (Wildman–Crippen LogP) is 6.74.